The Balaban J connectivity index is 2.15. The van der Waals surface area contributed by atoms with Crippen LogP contribution in [-0.2, 0) is 9.59 Å². The van der Waals surface area contributed by atoms with Crippen LogP contribution >= 0.6 is 0 Å². The monoisotopic (exact) mass is 353 g/mol. The molecule has 1 atom stereocenters. The van der Waals surface area contributed by atoms with E-state index in [0.717, 1.165) is 24.7 Å². The van der Waals surface area contributed by atoms with Crippen molar-refractivity contribution in [1.29, 1.82) is 0 Å². The van der Waals surface area contributed by atoms with Crippen molar-refractivity contribution in [2.24, 2.45) is 4.99 Å². The standard InChI is InChI=1S/C17H18F3N3O2/c1-11(24)21-16(17(18,19)20)15(25)23(13-9-5-6-10-13)14(22-16)12-7-3-2-4-8-12/h2-4,7-8,13H,5-6,9-10H2,1H3,(H,21,24). The maximum absolute atomic E-state index is 13.8. The molecule has 1 aromatic rings. The lowest BCUT2D eigenvalue weighted by Crippen LogP contribution is -2.63. The second-order valence-corrected chi connectivity index (χ2v) is 6.30. The first-order valence-electron chi connectivity index (χ1n) is 8.11. The first-order valence-corrected chi connectivity index (χ1v) is 8.11. The van der Waals surface area contributed by atoms with E-state index in [9.17, 15) is 22.8 Å². The van der Waals surface area contributed by atoms with E-state index in [1.165, 1.54) is 0 Å². The van der Waals surface area contributed by atoms with Crippen LogP contribution in [0.3, 0.4) is 0 Å². The van der Waals surface area contributed by atoms with E-state index in [0.29, 0.717) is 18.4 Å². The third kappa shape index (κ3) is 2.89. The summed E-state index contributed by atoms with van der Waals surface area (Å²) in [7, 11) is 0. The van der Waals surface area contributed by atoms with Gasteiger partial charge in [-0.25, -0.2) is 4.99 Å². The van der Waals surface area contributed by atoms with Gasteiger partial charge in [0.25, 0.3) is 5.91 Å². The minimum absolute atomic E-state index is 0.0384. The highest BCUT2D eigenvalue weighted by Gasteiger charge is 2.67. The number of halogens is 3. The van der Waals surface area contributed by atoms with Gasteiger partial charge in [0, 0.05) is 18.5 Å². The summed E-state index contributed by atoms with van der Waals surface area (Å²) < 4.78 is 41.4. The van der Waals surface area contributed by atoms with Gasteiger partial charge in [0.2, 0.25) is 5.91 Å². The number of rotatable bonds is 3. The molecule has 0 spiro atoms. The summed E-state index contributed by atoms with van der Waals surface area (Å²) in [5, 5.41) is 1.76. The van der Waals surface area contributed by atoms with Crippen LogP contribution in [-0.4, -0.2) is 40.4 Å². The third-order valence-corrected chi connectivity index (χ3v) is 4.52. The van der Waals surface area contributed by atoms with Crippen molar-refractivity contribution in [2.75, 3.05) is 0 Å². The predicted octanol–water partition coefficient (Wildman–Crippen LogP) is 2.61. The molecular formula is C17H18F3N3O2. The lowest BCUT2D eigenvalue weighted by molar-refractivity contribution is -0.200. The Morgan fingerprint density at radius 1 is 1.24 bits per heavy atom. The molecule has 8 heteroatoms. The zero-order valence-corrected chi connectivity index (χ0v) is 13.6. The van der Waals surface area contributed by atoms with Crippen LogP contribution in [0.25, 0.3) is 0 Å². The molecule has 0 radical (unpaired) electrons. The topological polar surface area (TPSA) is 61.8 Å². The van der Waals surface area contributed by atoms with Crippen molar-refractivity contribution in [2.45, 2.75) is 50.5 Å². The van der Waals surface area contributed by atoms with E-state index in [1.807, 2.05) is 0 Å². The molecule has 0 saturated heterocycles. The number of aliphatic imine (C=N–C) groups is 1. The molecule has 0 aromatic heterocycles. The van der Waals surface area contributed by atoms with Crippen molar-refractivity contribution in [3.05, 3.63) is 35.9 Å². The maximum Gasteiger partial charge on any atom is 0.442 e. The third-order valence-electron chi connectivity index (χ3n) is 4.52. The number of nitrogens with zero attached hydrogens (tertiary/aromatic N) is 2. The van der Waals surface area contributed by atoms with Gasteiger partial charge in [0.1, 0.15) is 5.84 Å². The quantitative estimate of drug-likeness (QED) is 0.908. The van der Waals surface area contributed by atoms with E-state index < -0.39 is 23.7 Å². The molecule has 134 valence electrons. The largest absolute Gasteiger partial charge is 0.442 e. The van der Waals surface area contributed by atoms with Gasteiger partial charge in [-0.3, -0.25) is 14.5 Å². The number of hydrogen-bond acceptors (Lipinski definition) is 3. The Morgan fingerprint density at radius 2 is 1.84 bits per heavy atom. The van der Waals surface area contributed by atoms with Crippen LogP contribution in [0.4, 0.5) is 13.2 Å². The summed E-state index contributed by atoms with van der Waals surface area (Å²) in [6, 6.07) is 7.93. The van der Waals surface area contributed by atoms with Gasteiger partial charge in [0.15, 0.2) is 0 Å². The van der Waals surface area contributed by atoms with Crippen molar-refractivity contribution < 1.29 is 22.8 Å². The Kier molecular flexibility index (Phi) is 4.30. The summed E-state index contributed by atoms with van der Waals surface area (Å²) in [5.74, 6) is -2.24. The number of carbonyl (C=O) groups is 2. The zero-order chi connectivity index (χ0) is 18.2. The molecule has 25 heavy (non-hydrogen) atoms. The molecule has 1 aliphatic carbocycles. The number of amidine groups is 1. The minimum atomic E-state index is -5.04. The lowest BCUT2D eigenvalue weighted by Gasteiger charge is -2.31. The highest BCUT2D eigenvalue weighted by molar-refractivity contribution is 6.16. The Hall–Kier alpha value is -2.38. The molecule has 1 aliphatic heterocycles. The van der Waals surface area contributed by atoms with E-state index >= 15 is 0 Å². The number of amides is 2. The fraction of sp³-hybridized carbons (Fsp3) is 0.471. The van der Waals surface area contributed by atoms with Crippen LogP contribution in [0.2, 0.25) is 0 Å². The first-order chi connectivity index (χ1) is 11.8. The van der Waals surface area contributed by atoms with Gasteiger partial charge < -0.3 is 5.32 Å². The molecule has 2 aliphatic rings. The molecular weight excluding hydrogens is 335 g/mol. The number of nitrogens with one attached hydrogen (secondary N) is 1. The first kappa shape index (κ1) is 17.4. The average molecular weight is 353 g/mol. The molecule has 1 unspecified atom stereocenters. The average Bonchev–Trinajstić information content (AvgIpc) is 3.15. The maximum atomic E-state index is 13.8. The fourth-order valence-electron chi connectivity index (χ4n) is 3.41. The molecule has 1 N–H and O–H groups in total. The number of hydrogen-bond donors (Lipinski definition) is 1. The summed E-state index contributed by atoms with van der Waals surface area (Å²) in [4.78, 5) is 29.1. The smallest absolute Gasteiger partial charge is 0.317 e. The zero-order valence-electron chi connectivity index (χ0n) is 13.6. The van der Waals surface area contributed by atoms with Crippen LogP contribution in [0.15, 0.2) is 35.3 Å². The van der Waals surface area contributed by atoms with Crippen molar-refractivity contribution in [3.63, 3.8) is 0 Å². The molecule has 1 heterocycles. The summed E-state index contributed by atoms with van der Waals surface area (Å²) in [6.45, 7) is 0.941. The second-order valence-electron chi connectivity index (χ2n) is 6.30. The minimum Gasteiger partial charge on any atom is -0.317 e. The van der Waals surface area contributed by atoms with Gasteiger partial charge in [-0.05, 0) is 12.8 Å². The predicted molar refractivity (Wildman–Crippen MR) is 84.7 cm³/mol. The molecule has 3 rings (SSSR count). The molecule has 1 saturated carbocycles. The lowest BCUT2D eigenvalue weighted by atomic mass is 10.1. The van der Waals surface area contributed by atoms with E-state index in [4.69, 9.17) is 0 Å². The SMILES string of the molecule is CC(=O)NC1(C(F)(F)F)N=C(c2ccccc2)N(C2CCCC2)C1=O. The highest BCUT2D eigenvalue weighted by atomic mass is 19.4. The van der Waals surface area contributed by atoms with Crippen LogP contribution in [0.1, 0.15) is 38.2 Å². The Morgan fingerprint density at radius 3 is 2.36 bits per heavy atom. The van der Waals surface area contributed by atoms with Crippen LogP contribution in [0.5, 0.6) is 0 Å². The van der Waals surface area contributed by atoms with E-state index in [2.05, 4.69) is 4.99 Å². The molecule has 1 fully saturated rings. The second kappa shape index (κ2) is 6.16. The van der Waals surface area contributed by atoms with Gasteiger partial charge in [-0.1, -0.05) is 43.2 Å². The van der Waals surface area contributed by atoms with E-state index in [-0.39, 0.29) is 11.9 Å². The highest BCUT2D eigenvalue weighted by Crippen LogP contribution is 2.41. The van der Waals surface area contributed by atoms with Gasteiger partial charge in [-0.15, -0.1) is 0 Å². The molecule has 2 amide bonds. The van der Waals surface area contributed by atoms with Crippen molar-refractivity contribution in [1.82, 2.24) is 10.2 Å². The molecule has 0 bridgehead atoms. The number of alkyl halides is 3. The van der Waals surface area contributed by atoms with Crippen molar-refractivity contribution in [3.8, 4) is 0 Å². The van der Waals surface area contributed by atoms with Gasteiger partial charge >= 0.3 is 11.8 Å². The summed E-state index contributed by atoms with van der Waals surface area (Å²) >= 11 is 0. The number of benzene rings is 1. The van der Waals surface area contributed by atoms with Gasteiger partial charge in [-0.2, -0.15) is 13.2 Å². The summed E-state index contributed by atoms with van der Waals surface area (Å²) in [5.41, 5.74) is -2.84. The fourth-order valence-corrected chi connectivity index (χ4v) is 3.41. The Bertz CT molecular complexity index is 712. The van der Waals surface area contributed by atoms with Gasteiger partial charge in [0.05, 0.1) is 0 Å². The van der Waals surface area contributed by atoms with Crippen LogP contribution in [0, 0.1) is 0 Å². The molecule has 1 aromatic carbocycles. The van der Waals surface area contributed by atoms with Crippen LogP contribution < -0.4 is 5.32 Å². The van der Waals surface area contributed by atoms with E-state index in [1.54, 1.807) is 35.6 Å². The number of carbonyl (C=O) groups excluding carboxylic acids is 2. The van der Waals surface area contributed by atoms with Crippen molar-refractivity contribution >= 4 is 17.6 Å². The Labute approximate surface area is 142 Å². The molecule has 5 nitrogen and oxygen atoms in total. The normalized spacial score (nSPS) is 24.6. The summed E-state index contributed by atoms with van der Waals surface area (Å²) in [6.07, 6.45) is -2.12.